The number of aromatic nitrogens is 1. The molecule has 0 aliphatic rings. The molecule has 0 aliphatic carbocycles. The van der Waals surface area contributed by atoms with Gasteiger partial charge in [0.2, 0.25) is 0 Å². The number of benzene rings is 1. The van der Waals surface area contributed by atoms with Crippen molar-refractivity contribution in [1.82, 2.24) is 4.57 Å². The highest BCUT2D eigenvalue weighted by atomic mass is 35.5. The van der Waals surface area contributed by atoms with Crippen LogP contribution >= 0.6 is 23.2 Å². The third kappa shape index (κ3) is 1.77. The van der Waals surface area contributed by atoms with Gasteiger partial charge in [0.1, 0.15) is 6.04 Å². The maximum atomic E-state index is 10.9. The highest BCUT2D eigenvalue weighted by molar-refractivity contribution is 6.38. The number of fused-ring (bicyclic) bond motifs is 1. The van der Waals surface area contributed by atoms with Gasteiger partial charge in [-0.25, -0.2) is 4.79 Å². The molecule has 2 aromatic rings. The SMILES string of the molecule is CC(C(=O)O)n1ccc2c(Cl)cc(Cl)cc21. The van der Waals surface area contributed by atoms with Gasteiger partial charge in [-0.2, -0.15) is 0 Å². The van der Waals surface area contributed by atoms with Crippen molar-refractivity contribution in [2.24, 2.45) is 0 Å². The highest BCUT2D eigenvalue weighted by Gasteiger charge is 2.16. The predicted molar refractivity (Wildman–Crippen MR) is 64.3 cm³/mol. The van der Waals surface area contributed by atoms with Gasteiger partial charge >= 0.3 is 5.97 Å². The molecule has 0 amide bonds. The van der Waals surface area contributed by atoms with Gasteiger partial charge in [-0.1, -0.05) is 23.2 Å². The monoisotopic (exact) mass is 257 g/mol. The average Bonchev–Trinajstić information content (AvgIpc) is 2.60. The van der Waals surface area contributed by atoms with Crippen LogP contribution in [0.15, 0.2) is 24.4 Å². The first-order valence-electron chi connectivity index (χ1n) is 4.69. The van der Waals surface area contributed by atoms with Crippen LogP contribution in [0, 0.1) is 0 Å². The summed E-state index contributed by atoms with van der Waals surface area (Å²) in [6.07, 6.45) is 1.70. The van der Waals surface area contributed by atoms with E-state index in [1.807, 2.05) is 0 Å². The first-order valence-corrected chi connectivity index (χ1v) is 5.44. The molecule has 2 rings (SSSR count). The molecular weight excluding hydrogens is 249 g/mol. The van der Waals surface area contributed by atoms with Gasteiger partial charge in [-0.05, 0) is 25.1 Å². The van der Waals surface area contributed by atoms with E-state index in [1.54, 1.807) is 35.9 Å². The molecule has 1 unspecified atom stereocenters. The molecule has 84 valence electrons. The van der Waals surface area contributed by atoms with Crippen molar-refractivity contribution >= 4 is 40.1 Å². The molecule has 0 radical (unpaired) electrons. The quantitative estimate of drug-likeness (QED) is 0.894. The normalized spacial score (nSPS) is 12.9. The summed E-state index contributed by atoms with van der Waals surface area (Å²) >= 11 is 11.9. The van der Waals surface area contributed by atoms with Gasteiger partial charge in [0.25, 0.3) is 0 Å². The molecule has 16 heavy (non-hydrogen) atoms. The molecule has 0 saturated heterocycles. The lowest BCUT2D eigenvalue weighted by atomic mass is 10.2. The number of rotatable bonds is 2. The van der Waals surface area contributed by atoms with Crippen molar-refractivity contribution in [3.05, 3.63) is 34.4 Å². The smallest absolute Gasteiger partial charge is 0.326 e. The molecule has 0 bridgehead atoms. The van der Waals surface area contributed by atoms with Gasteiger partial charge in [0.15, 0.2) is 0 Å². The van der Waals surface area contributed by atoms with Crippen molar-refractivity contribution in [3.8, 4) is 0 Å². The van der Waals surface area contributed by atoms with Crippen LogP contribution in [-0.4, -0.2) is 15.6 Å². The van der Waals surface area contributed by atoms with Crippen molar-refractivity contribution in [2.75, 3.05) is 0 Å². The van der Waals surface area contributed by atoms with Gasteiger partial charge in [0, 0.05) is 16.6 Å². The zero-order valence-corrected chi connectivity index (χ0v) is 9.96. The summed E-state index contributed by atoms with van der Waals surface area (Å²) in [4.78, 5) is 10.9. The van der Waals surface area contributed by atoms with E-state index in [2.05, 4.69) is 0 Å². The second-order valence-corrected chi connectivity index (χ2v) is 4.40. The van der Waals surface area contributed by atoms with Crippen molar-refractivity contribution < 1.29 is 9.90 Å². The van der Waals surface area contributed by atoms with Crippen LogP contribution in [0.4, 0.5) is 0 Å². The number of halogens is 2. The molecule has 1 aromatic heterocycles. The lowest BCUT2D eigenvalue weighted by molar-refractivity contribution is -0.140. The highest BCUT2D eigenvalue weighted by Crippen LogP contribution is 2.30. The van der Waals surface area contributed by atoms with E-state index in [9.17, 15) is 4.79 Å². The average molecular weight is 258 g/mol. The van der Waals surface area contributed by atoms with Crippen molar-refractivity contribution in [2.45, 2.75) is 13.0 Å². The Balaban J connectivity index is 2.69. The van der Waals surface area contributed by atoms with Crippen molar-refractivity contribution in [1.29, 1.82) is 0 Å². The molecule has 1 aromatic carbocycles. The molecule has 1 atom stereocenters. The topological polar surface area (TPSA) is 42.2 Å². The summed E-state index contributed by atoms with van der Waals surface area (Å²) in [5.41, 5.74) is 0.729. The number of nitrogens with zero attached hydrogens (tertiary/aromatic N) is 1. The Labute approximate surface area is 102 Å². The molecule has 1 N–H and O–H groups in total. The van der Waals surface area contributed by atoms with E-state index in [4.69, 9.17) is 28.3 Å². The van der Waals surface area contributed by atoms with Crippen LogP contribution in [0.1, 0.15) is 13.0 Å². The van der Waals surface area contributed by atoms with Crippen LogP contribution in [-0.2, 0) is 4.79 Å². The lowest BCUT2D eigenvalue weighted by Gasteiger charge is -2.10. The Bertz CT molecular complexity index is 562. The molecular formula is C11H9Cl2NO2. The molecule has 0 spiro atoms. The molecule has 3 nitrogen and oxygen atoms in total. The first-order chi connectivity index (χ1) is 7.50. The van der Waals surface area contributed by atoms with E-state index < -0.39 is 12.0 Å². The largest absolute Gasteiger partial charge is 0.480 e. The maximum absolute atomic E-state index is 10.9. The second-order valence-electron chi connectivity index (χ2n) is 3.56. The second kappa shape index (κ2) is 4.00. The molecule has 5 heteroatoms. The fourth-order valence-electron chi connectivity index (χ4n) is 1.64. The third-order valence-corrected chi connectivity index (χ3v) is 3.06. The van der Waals surface area contributed by atoms with Gasteiger partial charge in [-0.3, -0.25) is 0 Å². The summed E-state index contributed by atoms with van der Waals surface area (Å²) < 4.78 is 1.63. The minimum Gasteiger partial charge on any atom is -0.480 e. The number of hydrogen-bond acceptors (Lipinski definition) is 1. The zero-order chi connectivity index (χ0) is 11.9. The fourth-order valence-corrected chi connectivity index (χ4v) is 2.19. The van der Waals surface area contributed by atoms with E-state index in [1.165, 1.54) is 0 Å². The summed E-state index contributed by atoms with van der Waals surface area (Å²) in [5, 5.41) is 10.8. The number of carboxylic acids is 1. The summed E-state index contributed by atoms with van der Waals surface area (Å²) in [6.45, 7) is 1.61. The molecule has 0 saturated carbocycles. The molecule has 0 aliphatic heterocycles. The van der Waals surface area contributed by atoms with Crippen LogP contribution in [0.25, 0.3) is 10.9 Å². The Morgan fingerprint density at radius 2 is 2.12 bits per heavy atom. The van der Waals surface area contributed by atoms with E-state index in [0.717, 1.165) is 10.9 Å². The van der Waals surface area contributed by atoms with Gasteiger partial charge < -0.3 is 9.67 Å². The third-order valence-electron chi connectivity index (χ3n) is 2.53. The number of carbonyl (C=O) groups is 1. The minimum atomic E-state index is -0.895. The summed E-state index contributed by atoms with van der Waals surface area (Å²) in [7, 11) is 0. The van der Waals surface area contributed by atoms with Gasteiger partial charge in [0.05, 0.1) is 10.5 Å². The summed E-state index contributed by atoms with van der Waals surface area (Å²) in [6, 6.07) is 4.49. The van der Waals surface area contributed by atoms with E-state index in [-0.39, 0.29) is 0 Å². The maximum Gasteiger partial charge on any atom is 0.326 e. The fraction of sp³-hybridized carbons (Fsp3) is 0.182. The van der Waals surface area contributed by atoms with E-state index >= 15 is 0 Å². The molecule has 0 fully saturated rings. The van der Waals surface area contributed by atoms with Crippen LogP contribution in [0.3, 0.4) is 0 Å². The Hall–Kier alpha value is -1.19. The minimum absolute atomic E-state index is 0.495. The van der Waals surface area contributed by atoms with Gasteiger partial charge in [-0.15, -0.1) is 0 Å². The number of carboxylic acid groups (broad SMARTS) is 1. The summed E-state index contributed by atoms with van der Waals surface area (Å²) in [5.74, 6) is -0.895. The Morgan fingerprint density at radius 3 is 2.75 bits per heavy atom. The zero-order valence-electron chi connectivity index (χ0n) is 8.45. The molecule has 1 heterocycles. The van der Waals surface area contributed by atoms with E-state index in [0.29, 0.717) is 10.0 Å². The van der Waals surface area contributed by atoms with Crippen LogP contribution in [0.2, 0.25) is 10.0 Å². The Morgan fingerprint density at radius 1 is 1.44 bits per heavy atom. The predicted octanol–water partition coefficient (Wildman–Crippen LogP) is 3.59. The van der Waals surface area contributed by atoms with Crippen LogP contribution < -0.4 is 0 Å². The Kier molecular flexibility index (Phi) is 2.82. The first kappa shape index (κ1) is 11.3. The number of aliphatic carboxylic acids is 1. The standard InChI is InChI=1S/C11H9Cl2NO2/c1-6(11(15)16)14-3-2-8-9(13)4-7(12)5-10(8)14/h2-6H,1H3,(H,15,16). The van der Waals surface area contributed by atoms with Crippen molar-refractivity contribution in [3.63, 3.8) is 0 Å². The van der Waals surface area contributed by atoms with Crippen LogP contribution in [0.5, 0.6) is 0 Å². The lowest BCUT2D eigenvalue weighted by Crippen LogP contribution is -2.14. The number of hydrogen-bond donors (Lipinski definition) is 1.